The third-order valence-corrected chi connectivity index (χ3v) is 6.05. The first-order valence-electron chi connectivity index (χ1n) is 8.70. The Balaban J connectivity index is 1.76. The summed E-state index contributed by atoms with van der Waals surface area (Å²) in [5, 5.41) is 23.2. The number of fused-ring (bicyclic) bond motifs is 6. The molecule has 2 bridgehead atoms. The second kappa shape index (κ2) is 5.29. The topological polar surface area (TPSA) is 91.6 Å². The molecule has 0 saturated carbocycles. The van der Waals surface area contributed by atoms with Crippen molar-refractivity contribution in [1.82, 2.24) is 4.57 Å². The Morgan fingerprint density at radius 2 is 1.56 bits per heavy atom. The predicted molar refractivity (Wildman–Crippen MR) is 104 cm³/mol. The quantitative estimate of drug-likeness (QED) is 0.604. The minimum absolute atomic E-state index is 0.0494. The maximum absolute atomic E-state index is 11.7. The lowest BCUT2D eigenvalue weighted by atomic mass is 10.0. The van der Waals surface area contributed by atoms with Crippen LogP contribution in [0.5, 0.6) is 11.8 Å². The number of allylic oxidation sites excluding steroid dienone is 2. The van der Waals surface area contributed by atoms with E-state index in [0.29, 0.717) is 16.8 Å². The van der Waals surface area contributed by atoms with E-state index in [-0.39, 0.29) is 23.6 Å². The van der Waals surface area contributed by atoms with Crippen LogP contribution in [-0.2, 0) is 10.0 Å². The van der Waals surface area contributed by atoms with Gasteiger partial charge in [-0.05, 0) is 18.6 Å². The minimum atomic E-state index is -3.43. The largest absolute Gasteiger partial charge is 0.494 e. The highest BCUT2D eigenvalue weighted by molar-refractivity contribution is 7.92. The number of anilines is 1. The Morgan fingerprint density at radius 1 is 0.963 bits per heavy atom. The molecule has 0 radical (unpaired) electrons. The summed E-state index contributed by atoms with van der Waals surface area (Å²) in [5.41, 5.74) is 2.65. The third-order valence-electron chi connectivity index (χ3n) is 5.46. The van der Waals surface area contributed by atoms with E-state index in [1.165, 1.54) is 4.57 Å². The number of rotatable bonds is 3. The molecule has 1 heterocycles. The molecule has 6 nitrogen and oxygen atoms in total. The van der Waals surface area contributed by atoms with Crippen molar-refractivity contribution >= 4 is 26.5 Å². The fourth-order valence-electron chi connectivity index (χ4n) is 4.44. The summed E-state index contributed by atoms with van der Waals surface area (Å²) >= 11 is 0. The SMILES string of the molecule is CS(=O)(=O)Nc1ccc(-n2c(O)c3c(c2O)[C@H]2C=C[C@@H]3C2)c2ccccc12. The zero-order chi connectivity index (χ0) is 18.9. The van der Waals surface area contributed by atoms with Gasteiger partial charge in [0, 0.05) is 33.7 Å². The third kappa shape index (κ3) is 2.28. The number of hydrogen-bond acceptors (Lipinski definition) is 4. The zero-order valence-electron chi connectivity index (χ0n) is 14.5. The van der Waals surface area contributed by atoms with E-state index in [0.717, 1.165) is 29.2 Å². The van der Waals surface area contributed by atoms with E-state index < -0.39 is 10.0 Å². The second-order valence-corrected chi connectivity index (χ2v) is 8.94. The molecule has 1 aromatic heterocycles. The molecular formula is C20H18N2O4S. The Bertz CT molecular complexity index is 1210. The second-order valence-electron chi connectivity index (χ2n) is 7.20. The molecule has 27 heavy (non-hydrogen) atoms. The van der Waals surface area contributed by atoms with Crippen LogP contribution in [0.1, 0.15) is 29.4 Å². The monoisotopic (exact) mass is 382 g/mol. The average Bonchev–Trinajstić information content (AvgIpc) is 3.29. The van der Waals surface area contributed by atoms with Gasteiger partial charge in [-0.2, -0.15) is 0 Å². The first-order chi connectivity index (χ1) is 12.8. The molecule has 7 heteroatoms. The summed E-state index contributed by atoms with van der Waals surface area (Å²) in [4.78, 5) is 0. The van der Waals surface area contributed by atoms with E-state index in [2.05, 4.69) is 16.9 Å². The Hall–Kier alpha value is -2.93. The highest BCUT2D eigenvalue weighted by Crippen LogP contribution is 2.57. The Kier molecular flexibility index (Phi) is 3.19. The average molecular weight is 382 g/mol. The lowest BCUT2D eigenvalue weighted by Crippen LogP contribution is -2.10. The van der Waals surface area contributed by atoms with Crippen LogP contribution >= 0.6 is 0 Å². The summed E-state index contributed by atoms with van der Waals surface area (Å²) in [6.07, 6.45) is 6.15. The number of aromatic hydroxyl groups is 2. The minimum Gasteiger partial charge on any atom is -0.494 e. The molecule has 2 aliphatic rings. The molecule has 3 N–H and O–H groups in total. The van der Waals surface area contributed by atoms with Crippen molar-refractivity contribution in [2.24, 2.45) is 0 Å². The first kappa shape index (κ1) is 16.3. The Labute approximate surface area is 156 Å². The Morgan fingerprint density at radius 3 is 2.15 bits per heavy atom. The van der Waals surface area contributed by atoms with Gasteiger partial charge in [0.15, 0.2) is 0 Å². The number of hydrogen-bond donors (Lipinski definition) is 3. The molecule has 5 rings (SSSR count). The van der Waals surface area contributed by atoms with Gasteiger partial charge in [0.05, 0.1) is 17.6 Å². The molecule has 2 atom stereocenters. The summed E-state index contributed by atoms with van der Waals surface area (Å²) in [6, 6.07) is 10.7. The molecular weight excluding hydrogens is 364 g/mol. The number of benzene rings is 2. The number of nitrogens with zero attached hydrogens (tertiary/aromatic N) is 1. The standard InChI is InChI=1S/C20H18N2O4S/c1-27(25,26)21-15-8-9-16(14-5-3-2-4-13(14)15)22-19(23)17-11-6-7-12(10-11)18(17)20(22)24/h2-9,11-12,21,23-24H,10H2,1H3/t11-,12+. The van der Waals surface area contributed by atoms with Crippen LogP contribution in [0.15, 0.2) is 48.6 Å². The summed E-state index contributed by atoms with van der Waals surface area (Å²) in [6.45, 7) is 0. The molecule has 2 aliphatic carbocycles. The number of nitrogens with one attached hydrogen (secondary N) is 1. The van der Waals surface area contributed by atoms with Crippen molar-refractivity contribution in [3.63, 3.8) is 0 Å². The molecule has 0 fully saturated rings. The lowest BCUT2D eigenvalue weighted by Gasteiger charge is -2.15. The van der Waals surface area contributed by atoms with Gasteiger partial charge >= 0.3 is 0 Å². The highest BCUT2D eigenvalue weighted by atomic mass is 32.2. The maximum atomic E-state index is 11.7. The van der Waals surface area contributed by atoms with Crippen molar-refractivity contribution in [1.29, 1.82) is 0 Å². The summed E-state index contributed by atoms with van der Waals surface area (Å²) < 4.78 is 27.3. The van der Waals surface area contributed by atoms with E-state index in [1.807, 2.05) is 24.3 Å². The van der Waals surface area contributed by atoms with Crippen molar-refractivity contribution in [3.8, 4) is 17.4 Å². The number of aromatic nitrogens is 1. The smallest absolute Gasteiger partial charge is 0.229 e. The van der Waals surface area contributed by atoms with Gasteiger partial charge in [0.2, 0.25) is 21.8 Å². The van der Waals surface area contributed by atoms with Gasteiger partial charge < -0.3 is 10.2 Å². The van der Waals surface area contributed by atoms with Crippen LogP contribution < -0.4 is 4.72 Å². The van der Waals surface area contributed by atoms with Gasteiger partial charge in [0.25, 0.3) is 0 Å². The maximum Gasteiger partial charge on any atom is 0.229 e. The molecule has 3 aromatic rings. The van der Waals surface area contributed by atoms with Crippen LogP contribution in [0.2, 0.25) is 0 Å². The molecule has 0 aliphatic heterocycles. The molecule has 0 saturated heterocycles. The van der Waals surface area contributed by atoms with Gasteiger partial charge in [-0.3, -0.25) is 9.29 Å². The van der Waals surface area contributed by atoms with Crippen molar-refractivity contribution in [3.05, 3.63) is 59.7 Å². The molecule has 0 spiro atoms. The first-order valence-corrected chi connectivity index (χ1v) is 10.6. The van der Waals surface area contributed by atoms with Crippen LogP contribution in [0.3, 0.4) is 0 Å². The zero-order valence-corrected chi connectivity index (χ0v) is 15.4. The van der Waals surface area contributed by atoms with Crippen LogP contribution in [0.4, 0.5) is 5.69 Å². The van der Waals surface area contributed by atoms with Gasteiger partial charge in [-0.25, -0.2) is 8.42 Å². The molecule has 2 aromatic carbocycles. The molecule has 0 unspecified atom stereocenters. The van der Waals surface area contributed by atoms with Crippen LogP contribution in [-0.4, -0.2) is 29.5 Å². The fourth-order valence-corrected chi connectivity index (χ4v) is 5.01. The van der Waals surface area contributed by atoms with Crippen molar-refractivity contribution < 1.29 is 18.6 Å². The van der Waals surface area contributed by atoms with Gasteiger partial charge in [-0.15, -0.1) is 0 Å². The van der Waals surface area contributed by atoms with Gasteiger partial charge in [0.1, 0.15) is 0 Å². The molecule has 138 valence electrons. The van der Waals surface area contributed by atoms with Crippen molar-refractivity contribution in [2.45, 2.75) is 18.3 Å². The van der Waals surface area contributed by atoms with E-state index >= 15 is 0 Å². The van der Waals surface area contributed by atoms with E-state index in [4.69, 9.17) is 0 Å². The fraction of sp³-hybridized carbons (Fsp3) is 0.200. The summed E-state index contributed by atoms with van der Waals surface area (Å²) in [7, 11) is -3.43. The van der Waals surface area contributed by atoms with Crippen molar-refractivity contribution in [2.75, 3.05) is 11.0 Å². The lowest BCUT2D eigenvalue weighted by molar-refractivity contribution is 0.396. The molecule has 0 amide bonds. The van der Waals surface area contributed by atoms with Crippen LogP contribution in [0.25, 0.3) is 16.5 Å². The van der Waals surface area contributed by atoms with Crippen LogP contribution in [0, 0.1) is 0 Å². The normalized spacial score (nSPS) is 20.3. The predicted octanol–water partition coefficient (Wildman–Crippen LogP) is 3.55. The van der Waals surface area contributed by atoms with E-state index in [1.54, 1.807) is 12.1 Å². The summed E-state index contributed by atoms with van der Waals surface area (Å²) in [5.74, 6) is 0.367. The highest BCUT2D eigenvalue weighted by Gasteiger charge is 2.41. The van der Waals surface area contributed by atoms with E-state index in [9.17, 15) is 18.6 Å². The van der Waals surface area contributed by atoms with Gasteiger partial charge in [-0.1, -0.05) is 36.4 Å². The number of sulfonamides is 1.